The summed E-state index contributed by atoms with van der Waals surface area (Å²) in [6.45, 7) is 4.97. The molecule has 4 heteroatoms. The first-order chi connectivity index (χ1) is 7.12. The van der Waals surface area contributed by atoms with E-state index in [1.165, 1.54) is 0 Å². The molecule has 16 heavy (non-hydrogen) atoms. The van der Waals surface area contributed by atoms with Crippen LogP contribution in [0.1, 0.15) is 25.6 Å². The molecule has 3 nitrogen and oxygen atoms in total. The molecule has 0 aromatic heterocycles. The highest BCUT2D eigenvalue weighted by atomic mass is 35.5. The van der Waals surface area contributed by atoms with Crippen LogP contribution in [0, 0.1) is 0 Å². The van der Waals surface area contributed by atoms with Crippen LogP contribution in [-0.4, -0.2) is 19.3 Å². The molecule has 0 spiro atoms. The van der Waals surface area contributed by atoms with Gasteiger partial charge >= 0.3 is 0 Å². The molecule has 1 aliphatic rings. The average Bonchev–Trinajstić information content (AvgIpc) is 2.59. The Kier molecular flexibility index (Phi) is 4.19. The standard InChI is InChI=1S/C12H17NO2.ClH/c1-12(2)8-15-11(13-12)9-6-4-5-7-10(9)14-3;/h4-7,11,13H,8H2,1-3H3;1H. The molecule has 1 heterocycles. The van der Waals surface area contributed by atoms with Crippen LogP contribution >= 0.6 is 12.4 Å². The van der Waals surface area contributed by atoms with Crippen molar-refractivity contribution in [1.82, 2.24) is 5.32 Å². The Morgan fingerprint density at radius 3 is 2.62 bits per heavy atom. The third-order valence-electron chi connectivity index (χ3n) is 2.55. The lowest BCUT2D eigenvalue weighted by atomic mass is 10.1. The molecular weight excluding hydrogens is 226 g/mol. The summed E-state index contributed by atoms with van der Waals surface area (Å²) in [6, 6.07) is 7.93. The van der Waals surface area contributed by atoms with Crippen LogP contribution in [0.5, 0.6) is 5.75 Å². The number of hydrogen-bond donors (Lipinski definition) is 1. The fraction of sp³-hybridized carbons (Fsp3) is 0.500. The number of benzene rings is 1. The van der Waals surface area contributed by atoms with E-state index < -0.39 is 0 Å². The second-order valence-electron chi connectivity index (χ2n) is 4.46. The second kappa shape index (κ2) is 5.04. The van der Waals surface area contributed by atoms with E-state index in [4.69, 9.17) is 9.47 Å². The van der Waals surface area contributed by atoms with E-state index in [1.807, 2.05) is 24.3 Å². The van der Waals surface area contributed by atoms with E-state index in [9.17, 15) is 0 Å². The van der Waals surface area contributed by atoms with Gasteiger partial charge in [0.15, 0.2) is 0 Å². The monoisotopic (exact) mass is 243 g/mol. The first kappa shape index (κ1) is 13.3. The molecule has 90 valence electrons. The van der Waals surface area contributed by atoms with E-state index in [0.717, 1.165) is 17.9 Å². The largest absolute Gasteiger partial charge is 0.496 e. The van der Waals surface area contributed by atoms with Crippen LogP contribution < -0.4 is 10.1 Å². The maximum absolute atomic E-state index is 5.71. The van der Waals surface area contributed by atoms with Gasteiger partial charge < -0.3 is 9.47 Å². The van der Waals surface area contributed by atoms with E-state index in [1.54, 1.807) is 7.11 Å². The first-order valence-electron chi connectivity index (χ1n) is 5.15. The van der Waals surface area contributed by atoms with Gasteiger partial charge in [0.05, 0.1) is 13.7 Å². The molecule has 1 N–H and O–H groups in total. The average molecular weight is 244 g/mol. The fourth-order valence-corrected chi connectivity index (χ4v) is 1.78. The van der Waals surface area contributed by atoms with Crippen molar-refractivity contribution in [1.29, 1.82) is 0 Å². The molecule has 1 aromatic carbocycles. The van der Waals surface area contributed by atoms with Gasteiger partial charge in [-0.2, -0.15) is 0 Å². The van der Waals surface area contributed by atoms with Crippen molar-refractivity contribution in [3.8, 4) is 5.75 Å². The normalized spacial score (nSPS) is 22.6. The van der Waals surface area contributed by atoms with Crippen LogP contribution in [0.4, 0.5) is 0 Å². The molecule has 0 radical (unpaired) electrons. The SMILES string of the molecule is COc1ccccc1C1NC(C)(C)CO1.Cl. The molecule has 0 amide bonds. The lowest BCUT2D eigenvalue weighted by Crippen LogP contribution is -2.35. The number of nitrogens with one attached hydrogen (secondary N) is 1. The third-order valence-corrected chi connectivity index (χ3v) is 2.55. The predicted octanol–water partition coefficient (Wildman–Crippen LogP) is 2.51. The summed E-state index contributed by atoms with van der Waals surface area (Å²) in [6.07, 6.45) is -0.0591. The zero-order valence-corrected chi connectivity index (χ0v) is 10.6. The Hall–Kier alpha value is -0.770. The molecule has 2 rings (SSSR count). The molecule has 1 aromatic rings. The van der Waals surface area contributed by atoms with Crippen molar-refractivity contribution in [2.24, 2.45) is 0 Å². The lowest BCUT2D eigenvalue weighted by Gasteiger charge is -2.18. The summed E-state index contributed by atoms with van der Waals surface area (Å²) in [4.78, 5) is 0. The summed E-state index contributed by atoms with van der Waals surface area (Å²) >= 11 is 0. The number of rotatable bonds is 2. The number of halogens is 1. The Morgan fingerprint density at radius 2 is 2.06 bits per heavy atom. The minimum atomic E-state index is -0.0591. The fourth-order valence-electron chi connectivity index (χ4n) is 1.78. The number of ether oxygens (including phenoxy) is 2. The van der Waals surface area contributed by atoms with Gasteiger partial charge in [-0.25, -0.2) is 0 Å². The molecule has 1 unspecified atom stereocenters. The molecule has 0 bridgehead atoms. The zero-order chi connectivity index (χ0) is 10.9. The van der Waals surface area contributed by atoms with Gasteiger partial charge in [0.25, 0.3) is 0 Å². The summed E-state index contributed by atoms with van der Waals surface area (Å²) in [7, 11) is 1.68. The summed E-state index contributed by atoms with van der Waals surface area (Å²) in [5, 5.41) is 3.42. The van der Waals surface area contributed by atoms with Crippen molar-refractivity contribution in [2.75, 3.05) is 13.7 Å². The third kappa shape index (κ3) is 2.67. The molecule has 1 saturated heterocycles. The van der Waals surface area contributed by atoms with Gasteiger partial charge in [-0.3, -0.25) is 5.32 Å². The number of para-hydroxylation sites is 1. The number of hydrogen-bond acceptors (Lipinski definition) is 3. The Bertz CT molecular complexity index is 355. The smallest absolute Gasteiger partial charge is 0.138 e. The van der Waals surface area contributed by atoms with Crippen LogP contribution in [0.15, 0.2) is 24.3 Å². The molecule has 1 aliphatic heterocycles. The highest BCUT2D eigenvalue weighted by Gasteiger charge is 2.32. The summed E-state index contributed by atoms with van der Waals surface area (Å²) in [5.74, 6) is 0.868. The second-order valence-corrected chi connectivity index (χ2v) is 4.46. The molecule has 1 fully saturated rings. The van der Waals surface area contributed by atoms with E-state index in [0.29, 0.717) is 0 Å². The zero-order valence-electron chi connectivity index (χ0n) is 9.82. The Labute approximate surface area is 103 Å². The van der Waals surface area contributed by atoms with Gasteiger partial charge in [0, 0.05) is 11.1 Å². The van der Waals surface area contributed by atoms with Gasteiger partial charge in [-0.15, -0.1) is 12.4 Å². The van der Waals surface area contributed by atoms with E-state index >= 15 is 0 Å². The Morgan fingerprint density at radius 1 is 1.38 bits per heavy atom. The van der Waals surface area contributed by atoms with Crippen LogP contribution in [-0.2, 0) is 4.74 Å². The van der Waals surface area contributed by atoms with Gasteiger partial charge in [0.2, 0.25) is 0 Å². The van der Waals surface area contributed by atoms with Crippen LogP contribution in [0.2, 0.25) is 0 Å². The summed E-state index contributed by atoms with van der Waals surface area (Å²) in [5.41, 5.74) is 1.09. The van der Waals surface area contributed by atoms with Crippen molar-refractivity contribution in [3.05, 3.63) is 29.8 Å². The van der Waals surface area contributed by atoms with E-state index in [2.05, 4.69) is 19.2 Å². The molecular formula is C12H18ClNO2. The lowest BCUT2D eigenvalue weighted by molar-refractivity contribution is 0.0967. The van der Waals surface area contributed by atoms with Gasteiger partial charge in [-0.1, -0.05) is 18.2 Å². The first-order valence-corrected chi connectivity index (χ1v) is 5.15. The predicted molar refractivity (Wildman–Crippen MR) is 66.1 cm³/mol. The maximum Gasteiger partial charge on any atom is 0.138 e. The minimum Gasteiger partial charge on any atom is -0.496 e. The van der Waals surface area contributed by atoms with Gasteiger partial charge in [0.1, 0.15) is 12.0 Å². The topological polar surface area (TPSA) is 30.5 Å². The van der Waals surface area contributed by atoms with Crippen molar-refractivity contribution < 1.29 is 9.47 Å². The minimum absolute atomic E-state index is 0. The van der Waals surface area contributed by atoms with E-state index in [-0.39, 0.29) is 24.2 Å². The van der Waals surface area contributed by atoms with Gasteiger partial charge in [-0.05, 0) is 19.9 Å². The maximum atomic E-state index is 5.71. The number of methoxy groups -OCH3 is 1. The molecule has 0 saturated carbocycles. The molecule has 0 aliphatic carbocycles. The summed E-state index contributed by atoms with van der Waals surface area (Å²) < 4.78 is 11.0. The molecule has 1 atom stereocenters. The Balaban J connectivity index is 0.00000128. The highest BCUT2D eigenvalue weighted by molar-refractivity contribution is 5.85. The van der Waals surface area contributed by atoms with Crippen LogP contribution in [0.25, 0.3) is 0 Å². The van der Waals surface area contributed by atoms with Crippen molar-refractivity contribution in [3.63, 3.8) is 0 Å². The highest BCUT2D eigenvalue weighted by Crippen LogP contribution is 2.31. The van der Waals surface area contributed by atoms with Crippen LogP contribution in [0.3, 0.4) is 0 Å². The quantitative estimate of drug-likeness (QED) is 0.866. The van der Waals surface area contributed by atoms with Crippen molar-refractivity contribution in [2.45, 2.75) is 25.6 Å². The van der Waals surface area contributed by atoms with Crippen molar-refractivity contribution >= 4 is 12.4 Å².